The van der Waals surface area contributed by atoms with Gasteiger partial charge in [-0.1, -0.05) is 6.07 Å². The number of primary amides is 1. The fourth-order valence-corrected chi connectivity index (χ4v) is 1.93. The van der Waals surface area contributed by atoms with Crippen LogP contribution in [0.5, 0.6) is 0 Å². The number of carbonyl (C=O) groups is 1. The van der Waals surface area contributed by atoms with Crippen molar-refractivity contribution in [2.75, 3.05) is 0 Å². The number of nitro benzene ring substituents is 1. The topological polar surface area (TPSA) is 99.1 Å². The standard InChI is InChI=1S/C12H8BrN3O3/c13-7-4-5-9(15-6-7)11-8(12(14)17)2-1-3-10(11)16(18)19/h1-6H,(H2,14,17). The smallest absolute Gasteiger partial charge is 0.279 e. The second-order valence-corrected chi connectivity index (χ2v) is 4.60. The third kappa shape index (κ3) is 2.60. The van der Waals surface area contributed by atoms with Crippen LogP contribution >= 0.6 is 15.9 Å². The minimum atomic E-state index is -0.733. The molecule has 0 saturated carbocycles. The van der Waals surface area contributed by atoms with E-state index in [2.05, 4.69) is 20.9 Å². The molecular weight excluding hydrogens is 314 g/mol. The molecule has 1 heterocycles. The quantitative estimate of drug-likeness (QED) is 0.693. The number of pyridine rings is 1. The number of hydrogen-bond acceptors (Lipinski definition) is 4. The maximum atomic E-state index is 11.4. The summed E-state index contributed by atoms with van der Waals surface area (Å²) in [5.74, 6) is -0.733. The highest BCUT2D eigenvalue weighted by Crippen LogP contribution is 2.32. The summed E-state index contributed by atoms with van der Waals surface area (Å²) in [6, 6.07) is 7.43. The van der Waals surface area contributed by atoms with Gasteiger partial charge in [-0.25, -0.2) is 0 Å². The Morgan fingerprint density at radius 3 is 2.58 bits per heavy atom. The van der Waals surface area contributed by atoms with Crippen LogP contribution in [0.2, 0.25) is 0 Å². The van der Waals surface area contributed by atoms with Gasteiger partial charge >= 0.3 is 0 Å². The molecule has 0 aliphatic heterocycles. The Morgan fingerprint density at radius 1 is 1.32 bits per heavy atom. The molecule has 0 saturated heterocycles. The van der Waals surface area contributed by atoms with Crippen molar-refractivity contribution in [1.29, 1.82) is 0 Å². The molecule has 0 spiro atoms. The van der Waals surface area contributed by atoms with Crippen molar-refractivity contribution in [3.63, 3.8) is 0 Å². The van der Waals surface area contributed by atoms with Crippen LogP contribution in [0.25, 0.3) is 11.3 Å². The van der Waals surface area contributed by atoms with Gasteiger partial charge in [0.2, 0.25) is 5.91 Å². The lowest BCUT2D eigenvalue weighted by atomic mass is 10.0. The first-order valence-electron chi connectivity index (χ1n) is 5.20. The molecule has 1 amide bonds. The van der Waals surface area contributed by atoms with Crippen molar-refractivity contribution < 1.29 is 9.72 Å². The molecule has 2 rings (SSSR count). The zero-order chi connectivity index (χ0) is 14.0. The van der Waals surface area contributed by atoms with E-state index < -0.39 is 10.8 Å². The van der Waals surface area contributed by atoms with E-state index in [0.717, 1.165) is 4.47 Å². The van der Waals surface area contributed by atoms with Crippen molar-refractivity contribution in [3.8, 4) is 11.3 Å². The van der Waals surface area contributed by atoms with Crippen LogP contribution < -0.4 is 5.73 Å². The molecule has 0 fully saturated rings. The number of halogens is 1. The maximum absolute atomic E-state index is 11.4. The first-order valence-corrected chi connectivity index (χ1v) is 5.99. The largest absolute Gasteiger partial charge is 0.366 e. The number of nitrogens with zero attached hydrogens (tertiary/aromatic N) is 2. The van der Waals surface area contributed by atoms with Gasteiger partial charge in [-0.2, -0.15) is 0 Å². The summed E-state index contributed by atoms with van der Waals surface area (Å²) >= 11 is 3.22. The molecule has 0 aliphatic rings. The molecule has 0 bridgehead atoms. The molecule has 96 valence electrons. The van der Waals surface area contributed by atoms with Crippen LogP contribution in [-0.4, -0.2) is 15.8 Å². The minimum absolute atomic E-state index is 0.0732. The minimum Gasteiger partial charge on any atom is -0.366 e. The van der Waals surface area contributed by atoms with Crippen LogP contribution in [0.3, 0.4) is 0 Å². The van der Waals surface area contributed by atoms with E-state index in [-0.39, 0.29) is 16.8 Å². The van der Waals surface area contributed by atoms with E-state index in [9.17, 15) is 14.9 Å². The first kappa shape index (κ1) is 13.2. The monoisotopic (exact) mass is 321 g/mol. The third-order valence-corrected chi connectivity index (χ3v) is 2.96. The van der Waals surface area contributed by atoms with Crippen LogP contribution in [0, 0.1) is 10.1 Å². The van der Waals surface area contributed by atoms with E-state index in [1.54, 1.807) is 12.1 Å². The van der Waals surface area contributed by atoms with Gasteiger partial charge < -0.3 is 5.73 Å². The normalized spacial score (nSPS) is 10.2. The van der Waals surface area contributed by atoms with Gasteiger partial charge in [0.15, 0.2) is 0 Å². The summed E-state index contributed by atoms with van der Waals surface area (Å²) in [6.45, 7) is 0. The van der Waals surface area contributed by atoms with Gasteiger partial charge in [-0.3, -0.25) is 19.9 Å². The predicted molar refractivity (Wildman–Crippen MR) is 72.5 cm³/mol. The number of rotatable bonds is 3. The van der Waals surface area contributed by atoms with E-state index >= 15 is 0 Å². The van der Waals surface area contributed by atoms with Crippen molar-refractivity contribution in [3.05, 3.63) is 56.7 Å². The SMILES string of the molecule is NC(=O)c1cccc([N+](=O)[O-])c1-c1ccc(Br)cn1. The molecule has 19 heavy (non-hydrogen) atoms. The number of nitrogens with two attached hydrogens (primary N) is 1. The average molecular weight is 322 g/mol. The lowest BCUT2D eigenvalue weighted by molar-refractivity contribution is -0.384. The van der Waals surface area contributed by atoms with Crippen LogP contribution in [0.15, 0.2) is 41.0 Å². The Bertz CT molecular complexity index is 624. The van der Waals surface area contributed by atoms with Crippen LogP contribution in [-0.2, 0) is 0 Å². The van der Waals surface area contributed by atoms with Gasteiger partial charge in [0.25, 0.3) is 5.69 Å². The Morgan fingerprint density at radius 2 is 2.05 bits per heavy atom. The number of nitro groups is 1. The molecule has 1 aromatic carbocycles. The zero-order valence-electron chi connectivity index (χ0n) is 9.54. The molecule has 6 nitrogen and oxygen atoms in total. The number of aromatic nitrogens is 1. The summed E-state index contributed by atoms with van der Waals surface area (Å²) in [5.41, 5.74) is 5.58. The Kier molecular flexibility index (Phi) is 3.57. The highest BCUT2D eigenvalue weighted by molar-refractivity contribution is 9.10. The molecule has 7 heteroatoms. The summed E-state index contributed by atoms with van der Waals surface area (Å²) in [4.78, 5) is 26.0. The van der Waals surface area contributed by atoms with Gasteiger partial charge in [0, 0.05) is 16.7 Å². The molecular formula is C12H8BrN3O3. The number of carbonyl (C=O) groups excluding carboxylic acids is 1. The molecule has 0 aliphatic carbocycles. The van der Waals surface area contributed by atoms with Crippen LogP contribution in [0.4, 0.5) is 5.69 Å². The molecule has 0 radical (unpaired) electrons. The van der Waals surface area contributed by atoms with E-state index in [1.807, 2.05) is 0 Å². The highest BCUT2D eigenvalue weighted by Gasteiger charge is 2.22. The Labute approximate surface area is 116 Å². The fourth-order valence-electron chi connectivity index (χ4n) is 1.69. The van der Waals surface area contributed by atoms with Crippen molar-refractivity contribution in [2.24, 2.45) is 5.73 Å². The Hall–Kier alpha value is -2.28. The molecule has 2 aromatic rings. The summed E-state index contributed by atoms with van der Waals surface area (Å²) in [5, 5.41) is 11.1. The summed E-state index contributed by atoms with van der Waals surface area (Å²) < 4.78 is 0.732. The second-order valence-electron chi connectivity index (χ2n) is 3.68. The number of hydrogen-bond donors (Lipinski definition) is 1. The second kappa shape index (κ2) is 5.15. The highest BCUT2D eigenvalue weighted by atomic mass is 79.9. The van der Waals surface area contributed by atoms with E-state index in [0.29, 0.717) is 5.69 Å². The first-order chi connectivity index (χ1) is 9.00. The Balaban J connectivity index is 2.74. The fraction of sp³-hybridized carbons (Fsp3) is 0. The van der Waals surface area contributed by atoms with E-state index in [4.69, 9.17) is 5.73 Å². The third-order valence-electron chi connectivity index (χ3n) is 2.49. The van der Waals surface area contributed by atoms with Crippen molar-refractivity contribution >= 4 is 27.5 Å². The number of benzene rings is 1. The summed E-state index contributed by atoms with van der Waals surface area (Å²) in [6.07, 6.45) is 1.50. The van der Waals surface area contributed by atoms with Crippen molar-refractivity contribution in [1.82, 2.24) is 4.98 Å². The van der Waals surface area contributed by atoms with Crippen molar-refractivity contribution in [2.45, 2.75) is 0 Å². The predicted octanol–water partition coefficient (Wildman–Crippen LogP) is 2.52. The van der Waals surface area contributed by atoms with Gasteiger partial charge in [-0.15, -0.1) is 0 Å². The molecule has 1 aromatic heterocycles. The van der Waals surface area contributed by atoms with Gasteiger partial charge in [0.1, 0.15) is 0 Å². The molecule has 0 atom stereocenters. The lowest BCUT2D eigenvalue weighted by Crippen LogP contribution is -2.13. The lowest BCUT2D eigenvalue weighted by Gasteiger charge is -2.07. The maximum Gasteiger partial charge on any atom is 0.279 e. The van der Waals surface area contributed by atoms with Crippen LogP contribution in [0.1, 0.15) is 10.4 Å². The molecule has 0 unspecified atom stereocenters. The molecule has 2 N–H and O–H groups in total. The zero-order valence-corrected chi connectivity index (χ0v) is 11.1. The summed E-state index contributed by atoms with van der Waals surface area (Å²) in [7, 11) is 0. The van der Waals surface area contributed by atoms with Gasteiger partial charge in [-0.05, 0) is 34.1 Å². The van der Waals surface area contributed by atoms with Gasteiger partial charge in [0.05, 0.1) is 21.7 Å². The number of amides is 1. The average Bonchev–Trinajstić information content (AvgIpc) is 2.38. The van der Waals surface area contributed by atoms with E-state index in [1.165, 1.54) is 24.4 Å².